The predicted octanol–water partition coefficient (Wildman–Crippen LogP) is 3.74. The summed E-state index contributed by atoms with van der Waals surface area (Å²) in [6, 6.07) is 13.1. The third kappa shape index (κ3) is 6.36. The van der Waals surface area contributed by atoms with Crippen LogP contribution in [0.5, 0.6) is 0 Å². The van der Waals surface area contributed by atoms with Gasteiger partial charge in [0.05, 0.1) is 17.7 Å². The second kappa shape index (κ2) is 10.7. The number of nitrogens with one attached hydrogen (secondary N) is 1. The number of nitrogens with zero attached hydrogens (tertiary/aromatic N) is 2. The second-order valence-electron chi connectivity index (χ2n) is 7.35. The number of carbonyl (C=O) groups is 3. The van der Waals surface area contributed by atoms with Gasteiger partial charge in [0, 0.05) is 31.0 Å². The largest absolute Gasteiger partial charge is 0.452 e. The molecule has 2 heterocycles. The molecule has 7 nitrogen and oxygen atoms in total. The molecule has 162 valence electrons. The quantitative estimate of drug-likeness (QED) is 0.513. The Kier molecular flexibility index (Phi) is 7.72. The van der Waals surface area contributed by atoms with Gasteiger partial charge in [-0.1, -0.05) is 36.4 Å². The minimum Gasteiger partial charge on any atom is -0.452 e. The molecule has 31 heavy (non-hydrogen) atoms. The maximum atomic E-state index is 13.1. The lowest BCUT2D eigenvalue weighted by Crippen LogP contribution is -2.40. The van der Waals surface area contributed by atoms with Gasteiger partial charge >= 0.3 is 6.09 Å². The number of ether oxygens (including phenoxy) is 1. The van der Waals surface area contributed by atoms with E-state index in [-0.39, 0.29) is 24.2 Å². The highest BCUT2D eigenvalue weighted by molar-refractivity contribution is 7.12. The van der Waals surface area contributed by atoms with E-state index in [9.17, 15) is 14.4 Å². The number of methoxy groups -OCH3 is 1. The zero-order chi connectivity index (χ0) is 22.2. The third-order valence-corrected chi connectivity index (χ3v) is 5.76. The normalized spacial score (nSPS) is 12.7. The summed E-state index contributed by atoms with van der Waals surface area (Å²) in [5.41, 5.74) is 1.67. The van der Waals surface area contributed by atoms with Gasteiger partial charge in [-0.25, -0.2) is 14.3 Å². The van der Waals surface area contributed by atoms with Crippen molar-refractivity contribution in [1.82, 2.24) is 14.9 Å². The minimum atomic E-state index is -0.523. The van der Waals surface area contributed by atoms with E-state index in [0.29, 0.717) is 23.4 Å². The highest BCUT2D eigenvalue weighted by Gasteiger charge is 2.25. The van der Waals surface area contributed by atoms with Crippen molar-refractivity contribution in [3.63, 3.8) is 0 Å². The molecule has 0 fully saturated rings. The number of aromatic nitrogens is 2. The van der Waals surface area contributed by atoms with E-state index in [4.69, 9.17) is 0 Å². The minimum absolute atomic E-state index is 0.0319. The van der Waals surface area contributed by atoms with Crippen LogP contribution in [0.15, 0.2) is 60.4 Å². The average molecular weight is 440 g/mol. The lowest BCUT2D eigenvalue weighted by molar-refractivity contribution is -0.125. The van der Waals surface area contributed by atoms with Crippen molar-refractivity contribution in [3.8, 4) is 0 Å². The van der Waals surface area contributed by atoms with Crippen molar-refractivity contribution >= 4 is 29.1 Å². The van der Waals surface area contributed by atoms with Crippen LogP contribution in [-0.4, -0.2) is 40.5 Å². The molecule has 0 aliphatic rings. The first kappa shape index (κ1) is 22.4. The Bertz CT molecular complexity index is 1010. The van der Waals surface area contributed by atoms with E-state index in [2.05, 4.69) is 15.0 Å². The van der Waals surface area contributed by atoms with Gasteiger partial charge in [-0.2, -0.15) is 0 Å². The smallest absolute Gasteiger partial charge is 0.418 e. The number of hydrogen-bond acceptors (Lipinski definition) is 6. The van der Waals surface area contributed by atoms with Crippen LogP contribution in [0.2, 0.25) is 0 Å². The van der Waals surface area contributed by atoms with Crippen LogP contribution in [0.4, 0.5) is 4.79 Å². The highest BCUT2D eigenvalue weighted by atomic mass is 32.1. The van der Waals surface area contributed by atoms with E-state index in [1.807, 2.05) is 48.7 Å². The Morgan fingerprint density at radius 2 is 1.90 bits per heavy atom. The molecule has 0 bridgehead atoms. The molecule has 0 saturated carbocycles. The summed E-state index contributed by atoms with van der Waals surface area (Å²) in [7, 11) is 1.30. The molecule has 1 N–H and O–H groups in total. The van der Waals surface area contributed by atoms with Gasteiger partial charge in [0.25, 0.3) is 0 Å². The first-order valence-corrected chi connectivity index (χ1v) is 10.9. The van der Waals surface area contributed by atoms with E-state index in [1.165, 1.54) is 29.3 Å². The molecule has 1 aromatic carbocycles. The topological polar surface area (TPSA) is 90.3 Å². The van der Waals surface area contributed by atoms with Gasteiger partial charge in [-0.05, 0) is 30.4 Å². The lowest BCUT2D eigenvalue weighted by atomic mass is 9.92. The van der Waals surface area contributed by atoms with E-state index in [1.54, 1.807) is 12.3 Å². The summed E-state index contributed by atoms with van der Waals surface area (Å²) in [4.78, 5) is 42.1. The molecule has 2 atom stereocenters. The van der Waals surface area contributed by atoms with Crippen LogP contribution in [0, 0.1) is 5.92 Å². The fourth-order valence-corrected chi connectivity index (χ4v) is 3.99. The number of rotatable bonds is 9. The molecule has 8 heteroatoms. The predicted molar refractivity (Wildman–Crippen MR) is 118 cm³/mol. The fraction of sp³-hybridized carbons (Fsp3) is 0.304. The summed E-state index contributed by atoms with van der Waals surface area (Å²) in [5, 5.41) is 4.85. The van der Waals surface area contributed by atoms with Gasteiger partial charge in [-0.15, -0.1) is 11.3 Å². The molecule has 3 aromatic rings. The maximum absolute atomic E-state index is 13.1. The standard InChI is InChI=1S/C23H25N3O4S/c1-16(11-19-14-26(15-24-19)23(29)30-2)25-22(28)18(12-17-7-4-3-5-8-17)13-20(27)21-9-6-10-31-21/h3-10,14-16,18H,11-13H2,1-2H3,(H,25,28)/t16-,18-/m1/s1. The summed E-state index contributed by atoms with van der Waals surface area (Å²) in [5.74, 6) is -0.684. The van der Waals surface area contributed by atoms with Crippen molar-refractivity contribution < 1.29 is 19.1 Å². The zero-order valence-corrected chi connectivity index (χ0v) is 18.3. The molecule has 0 radical (unpaired) electrons. The Hall–Kier alpha value is -3.26. The van der Waals surface area contributed by atoms with Crippen LogP contribution in [0.1, 0.15) is 34.3 Å². The Labute approximate surface area is 185 Å². The van der Waals surface area contributed by atoms with E-state index >= 15 is 0 Å². The average Bonchev–Trinajstić information content (AvgIpc) is 3.45. The third-order valence-electron chi connectivity index (χ3n) is 4.85. The number of amides is 1. The van der Waals surface area contributed by atoms with Crippen LogP contribution in [0.25, 0.3) is 0 Å². The fourth-order valence-electron chi connectivity index (χ4n) is 3.32. The Morgan fingerprint density at radius 1 is 1.13 bits per heavy atom. The molecule has 0 unspecified atom stereocenters. The van der Waals surface area contributed by atoms with E-state index < -0.39 is 12.0 Å². The van der Waals surface area contributed by atoms with Gasteiger partial charge in [0.15, 0.2) is 5.78 Å². The molecule has 1 amide bonds. The number of imidazole rings is 1. The van der Waals surface area contributed by atoms with Crippen molar-refractivity contribution in [3.05, 3.63) is 76.5 Å². The van der Waals surface area contributed by atoms with E-state index in [0.717, 1.165) is 5.56 Å². The van der Waals surface area contributed by atoms with Gasteiger partial charge in [0.2, 0.25) is 5.91 Å². The van der Waals surface area contributed by atoms with Crippen LogP contribution < -0.4 is 5.32 Å². The van der Waals surface area contributed by atoms with Crippen molar-refractivity contribution in [1.29, 1.82) is 0 Å². The summed E-state index contributed by atoms with van der Waals surface area (Å²) < 4.78 is 5.91. The Balaban J connectivity index is 1.65. The molecule has 2 aromatic heterocycles. The number of hydrogen-bond donors (Lipinski definition) is 1. The number of carbonyl (C=O) groups excluding carboxylic acids is 3. The van der Waals surface area contributed by atoms with Gasteiger partial charge in [0.1, 0.15) is 6.33 Å². The summed E-state index contributed by atoms with van der Waals surface area (Å²) in [6.45, 7) is 1.87. The first-order valence-electron chi connectivity index (χ1n) is 9.98. The molecule has 0 aliphatic carbocycles. The summed E-state index contributed by atoms with van der Waals surface area (Å²) >= 11 is 1.38. The molecular formula is C23H25N3O4S. The second-order valence-corrected chi connectivity index (χ2v) is 8.30. The first-order chi connectivity index (χ1) is 15.0. The monoisotopic (exact) mass is 439 g/mol. The molecule has 0 aliphatic heterocycles. The van der Waals surface area contributed by atoms with Gasteiger partial charge in [-0.3, -0.25) is 9.59 Å². The lowest BCUT2D eigenvalue weighted by Gasteiger charge is -2.20. The molecular weight excluding hydrogens is 414 g/mol. The SMILES string of the molecule is COC(=O)n1cnc(C[C@@H](C)NC(=O)[C@@H](CC(=O)c2cccs2)Cc2ccccc2)c1. The van der Waals surface area contributed by atoms with Crippen LogP contribution >= 0.6 is 11.3 Å². The van der Waals surface area contributed by atoms with Crippen molar-refractivity contribution in [2.75, 3.05) is 7.11 Å². The Morgan fingerprint density at radius 3 is 2.58 bits per heavy atom. The molecule has 3 rings (SSSR count). The maximum Gasteiger partial charge on any atom is 0.418 e. The van der Waals surface area contributed by atoms with Gasteiger partial charge < -0.3 is 10.1 Å². The molecule has 0 saturated heterocycles. The number of ketones is 1. The number of benzene rings is 1. The highest BCUT2D eigenvalue weighted by Crippen LogP contribution is 2.19. The van der Waals surface area contributed by atoms with Crippen molar-refractivity contribution in [2.45, 2.75) is 32.2 Å². The van der Waals surface area contributed by atoms with Crippen molar-refractivity contribution in [2.24, 2.45) is 5.92 Å². The number of Topliss-reactive ketones (excluding diaryl/α,β-unsaturated/α-hetero) is 1. The number of thiophene rings is 1. The molecule has 0 spiro atoms. The summed E-state index contributed by atoms with van der Waals surface area (Å²) in [6.07, 6.45) is 3.51. The van der Waals surface area contributed by atoms with Crippen LogP contribution in [0.3, 0.4) is 0 Å². The zero-order valence-electron chi connectivity index (χ0n) is 17.5. The van der Waals surface area contributed by atoms with Crippen LogP contribution in [-0.2, 0) is 22.4 Å².